The summed E-state index contributed by atoms with van der Waals surface area (Å²) in [6.45, 7) is -0.420. The van der Waals surface area contributed by atoms with Crippen LogP contribution in [0.25, 0.3) is 0 Å². The van der Waals surface area contributed by atoms with Crippen LogP contribution in [-0.2, 0) is 4.79 Å². The molecule has 1 atom stereocenters. The average Bonchev–Trinajstić information content (AvgIpc) is 2.89. The van der Waals surface area contributed by atoms with Crippen molar-refractivity contribution in [3.63, 3.8) is 0 Å². The van der Waals surface area contributed by atoms with Crippen LogP contribution in [0, 0.1) is 0 Å². The molecule has 1 unspecified atom stereocenters. The molecule has 0 bridgehead atoms. The number of phenols is 1. The van der Waals surface area contributed by atoms with Crippen molar-refractivity contribution in [2.75, 3.05) is 23.0 Å². The highest BCUT2D eigenvalue weighted by Crippen LogP contribution is 2.20. The smallest absolute Gasteiger partial charge is 0.323 e. The molecule has 0 radical (unpaired) electrons. The number of carbonyl (C=O) groups is 2. The number of aliphatic carboxylic acids is 1. The van der Waals surface area contributed by atoms with Crippen LogP contribution in [0.3, 0.4) is 0 Å². The fourth-order valence-corrected chi connectivity index (χ4v) is 3.10. The van der Waals surface area contributed by atoms with E-state index in [2.05, 4.69) is 5.32 Å². The Labute approximate surface area is 120 Å². The number of aromatic hydroxyl groups is 1. The van der Waals surface area contributed by atoms with Crippen molar-refractivity contribution in [1.82, 2.24) is 5.32 Å². The number of hydrogen-bond donors (Lipinski definition) is 3. The van der Waals surface area contributed by atoms with E-state index >= 15 is 0 Å². The van der Waals surface area contributed by atoms with Gasteiger partial charge in [-0.1, -0.05) is 0 Å². The van der Waals surface area contributed by atoms with Crippen LogP contribution in [0.1, 0.15) is 6.42 Å². The fraction of sp³-hybridized carbons (Fsp3) is 0.385. The molecule has 1 aliphatic heterocycles. The molecule has 20 heavy (non-hydrogen) atoms. The first-order valence-electron chi connectivity index (χ1n) is 6.23. The van der Waals surface area contributed by atoms with Gasteiger partial charge in [0, 0.05) is 17.5 Å². The summed E-state index contributed by atoms with van der Waals surface area (Å²) < 4.78 is 0. The van der Waals surface area contributed by atoms with Gasteiger partial charge >= 0.3 is 12.0 Å². The van der Waals surface area contributed by atoms with Crippen LogP contribution in [0.5, 0.6) is 5.75 Å². The summed E-state index contributed by atoms with van der Waals surface area (Å²) in [4.78, 5) is 24.3. The summed E-state index contributed by atoms with van der Waals surface area (Å²) in [7, 11) is 0. The van der Waals surface area contributed by atoms with E-state index in [1.165, 1.54) is 24.3 Å². The predicted octanol–water partition coefficient (Wildman–Crippen LogP) is 1.50. The molecule has 0 spiro atoms. The number of carboxylic acids is 1. The molecule has 2 amide bonds. The second kappa shape index (κ2) is 6.51. The third kappa shape index (κ3) is 3.80. The number of rotatable bonds is 4. The Morgan fingerprint density at radius 1 is 1.35 bits per heavy atom. The van der Waals surface area contributed by atoms with Crippen molar-refractivity contribution in [2.45, 2.75) is 12.5 Å². The van der Waals surface area contributed by atoms with E-state index in [0.717, 1.165) is 22.8 Å². The van der Waals surface area contributed by atoms with E-state index in [4.69, 9.17) is 5.11 Å². The van der Waals surface area contributed by atoms with Gasteiger partial charge in [0.2, 0.25) is 0 Å². The maximum absolute atomic E-state index is 12.2. The second-order valence-corrected chi connectivity index (χ2v) is 5.66. The van der Waals surface area contributed by atoms with Crippen LogP contribution in [0.2, 0.25) is 0 Å². The molecular formula is C13H16N2O4S. The minimum atomic E-state index is -1.09. The van der Waals surface area contributed by atoms with Crippen molar-refractivity contribution < 1.29 is 19.8 Å². The average molecular weight is 296 g/mol. The van der Waals surface area contributed by atoms with Crippen LogP contribution in [0.15, 0.2) is 24.3 Å². The zero-order valence-corrected chi connectivity index (χ0v) is 11.6. The lowest BCUT2D eigenvalue weighted by Gasteiger charge is -2.23. The topological polar surface area (TPSA) is 89.9 Å². The van der Waals surface area contributed by atoms with Crippen molar-refractivity contribution in [2.24, 2.45) is 0 Å². The molecule has 0 saturated carbocycles. The van der Waals surface area contributed by atoms with Crippen molar-refractivity contribution in [1.29, 1.82) is 0 Å². The molecule has 3 N–H and O–H groups in total. The maximum atomic E-state index is 12.2. The lowest BCUT2D eigenvalue weighted by Crippen LogP contribution is -2.47. The highest BCUT2D eigenvalue weighted by molar-refractivity contribution is 7.99. The van der Waals surface area contributed by atoms with Crippen LogP contribution < -0.4 is 10.2 Å². The van der Waals surface area contributed by atoms with E-state index in [-0.39, 0.29) is 11.8 Å². The summed E-state index contributed by atoms with van der Waals surface area (Å²) in [6, 6.07) is 5.53. The predicted molar refractivity (Wildman–Crippen MR) is 77.4 cm³/mol. The molecule has 6 nitrogen and oxygen atoms in total. The SMILES string of the molecule is O=C(O)CN(C(=O)NC1CCSC1)c1ccc(O)cc1. The van der Waals surface area contributed by atoms with E-state index in [9.17, 15) is 14.7 Å². The van der Waals surface area contributed by atoms with E-state index in [1.54, 1.807) is 11.8 Å². The van der Waals surface area contributed by atoms with Gasteiger partial charge in [0.05, 0.1) is 0 Å². The lowest BCUT2D eigenvalue weighted by atomic mass is 10.2. The van der Waals surface area contributed by atoms with Gasteiger partial charge in [-0.05, 0) is 36.4 Å². The Morgan fingerprint density at radius 3 is 2.60 bits per heavy atom. The van der Waals surface area contributed by atoms with E-state index in [0.29, 0.717) is 5.69 Å². The lowest BCUT2D eigenvalue weighted by molar-refractivity contribution is -0.135. The van der Waals surface area contributed by atoms with Crippen molar-refractivity contribution in [3.05, 3.63) is 24.3 Å². The van der Waals surface area contributed by atoms with Gasteiger partial charge < -0.3 is 15.5 Å². The van der Waals surface area contributed by atoms with Crippen molar-refractivity contribution >= 4 is 29.4 Å². The van der Waals surface area contributed by atoms with Gasteiger partial charge in [-0.3, -0.25) is 9.69 Å². The van der Waals surface area contributed by atoms with Gasteiger partial charge in [-0.15, -0.1) is 0 Å². The molecule has 1 aromatic carbocycles. The van der Waals surface area contributed by atoms with Gasteiger partial charge in [0.25, 0.3) is 0 Å². The molecule has 0 aliphatic carbocycles. The number of urea groups is 1. The summed E-state index contributed by atoms with van der Waals surface area (Å²) in [5.74, 6) is 0.830. The normalized spacial score (nSPS) is 17.7. The molecular weight excluding hydrogens is 280 g/mol. The number of carbonyl (C=O) groups excluding carboxylic acids is 1. The molecule has 1 aliphatic rings. The molecule has 1 saturated heterocycles. The van der Waals surface area contributed by atoms with Crippen molar-refractivity contribution in [3.8, 4) is 5.75 Å². The molecule has 7 heteroatoms. The van der Waals surface area contributed by atoms with Crippen LogP contribution in [-0.4, -0.2) is 46.3 Å². The third-order valence-electron chi connectivity index (χ3n) is 2.96. The summed E-state index contributed by atoms with van der Waals surface area (Å²) in [5.41, 5.74) is 0.438. The number of amides is 2. The first kappa shape index (κ1) is 14.5. The summed E-state index contributed by atoms with van der Waals surface area (Å²) >= 11 is 1.76. The summed E-state index contributed by atoms with van der Waals surface area (Å²) in [6.07, 6.45) is 0.896. The quantitative estimate of drug-likeness (QED) is 0.783. The summed E-state index contributed by atoms with van der Waals surface area (Å²) in [5, 5.41) is 21.0. The highest BCUT2D eigenvalue weighted by Gasteiger charge is 2.23. The third-order valence-corrected chi connectivity index (χ3v) is 4.12. The highest BCUT2D eigenvalue weighted by atomic mass is 32.2. The number of thioether (sulfide) groups is 1. The second-order valence-electron chi connectivity index (χ2n) is 4.51. The largest absolute Gasteiger partial charge is 0.508 e. The molecule has 0 aromatic heterocycles. The van der Waals surface area contributed by atoms with Gasteiger partial charge in [-0.25, -0.2) is 4.79 Å². The Balaban J connectivity index is 2.11. The number of nitrogens with zero attached hydrogens (tertiary/aromatic N) is 1. The van der Waals surface area contributed by atoms with Crippen LogP contribution in [0.4, 0.5) is 10.5 Å². The van der Waals surface area contributed by atoms with E-state index in [1.807, 2.05) is 0 Å². The van der Waals surface area contributed by atoms with Gasteiger partial charge in [0.1, 0.15) is 12.3 Å². The van der Waals surface area contributed by atoms with Gasteiger partial charge in [0.15, 0.2) is 0 Å². The number of phenolic OH excluding ortho intramolecular Hbond substituents is 1. The number of carboxylic acid groups (broad SMARTS) is 1. The molecule has 1 aromatic rings. The minimum absolute atomic E-state index is 0.0663. The zero-order chi connectivity index (χ0) is 14.5. The number of anilines is 1. The standard InChI is InChI=1S/C13H16N2O4S/c16-11-3-1-10(2-4-11)15(7-12(17)18)13(19)14-9-5-6-20-8-9/h1-4,9,16H,5-8H2,(H,14,19)(H,17,18). The number of nitrogens with one attached hydrogen (secondary N) is 1. The Hall–Kier alpha value is -1.89. The first-order valence-corrected chi connectivity index (χ1v) is 7.38. The van der Waals surface area contributed by atoms with Gasteiger partial charge in [-0.2, -0.15) is 11.8 Å². The minimum Gasteiger partial charge on any atom is -0.508 e. The monoisotopic (exact) mass is 296 g/mol. The maximum Gasteiger partial charge on any atom is 0.323 e. The molecule has 1 heterocycles. The number of hydrogen-bond acceptors (Lipinski definition) is 4. The molecule has 2 rings (SSSR count). The Bertz CT molecular complexity index is 486. The molecule has 108 valence electrons. The van der Waals surface area contributed by atoms with Crippen LogP contribution >= 0.6 is 11.8 Å². The molecule has 1 fully saturated rings. The first-order chi connectivity index (χ1) is 9.56. The number of benzene rings is 1. The zero-order valence-electron chi connectivity index (χ0n) is 10.8. The Kier molecular flexibility index (Phi) is 4.73. The van der Waals surface area contributed by atoms with E-state index < -0.39 is 18.5 Å². The Morgan fingerprint density at radius 2 is 2.05 bits per heavy atom. The fourth-order valence-electron chi connectivity index (χ4n) is 1.95.